The van der Waals surface area contributed by atoms with Crippen molar-refractivity contribution in [2.24, 2.45) is 0 Å². The smallest absolute Gasteiger partial charge is 0.325 e. The summed E-state index contributed by atoms with van der Waals surface area (Å²) in [6, 6.07) is 7.70. The Morgan fingerprint density at radius 2 is 1.86 bits per heavy atom. The van der Waals surface area contributed by atoms with Gasteiger partial charge in [0, 0.05) is 36.9 Å². The molecule has 3 heterocycles. The number of aromatic hydroxyl groups is 1. The van der Waals surface area contributed by atoms with Crippen LogP contribution < -0.4 is 4.90 Å². The number of nitrogens with zero attached hydrogens (tertiary/aromatic N) is 2. The number of anilines is 1. The van der Waals surface area contributed by atoms with Crippen LogP contribution >= 0.6 is 0 Å². The number of hydrogen-bond donors (Lipinski definition) is 1. The fourth-order valence-corrected chi connectivity index (χ4v) is 4.51. The van der Waals surface area contributed by atoms with Crippen LogP contribution in [0.1, 0.15) is 30.0 Å². The average Bonchev–Trinajstić information content (AvgIpc) is 3.17. The van der Waals surface area contributed by atoms with Crippen LogP contribution in [0.25, 0.3) is 5.57 Å². The maximum atomic E-state index is 14.3. The highest BCUT2D eigenvalue weighted by atomic mass is 19.1. The molecule has 3 aliphatic heterocycles. The Morgan fingerprint density at radius 1 is 1.07 bits per heavy atom. The molecule has 5 nitrogen and oxygen atoms in total. The minimum atomic E-state index is -0.527. The third kappa shape index (κ3) is 2.97. The molecule has 0 aliphatic carbocycles. The predicted octanol–water partition coefficient (Wildman–Crippen LogP) is 4.23. The second kappa shape index (κ2) is 6.84. The van der Waals surface area contributed by atoms with Crippen molar-refractivity contribution in [1.29, 1.82) is 0 Å². The van der Waals surface area contributed by atoms with Gasteiger partial charge in [-0.2, -0.15) is 0 Å². The number of ether oxygens (including phenoxy) is 1. The molecule has 2 aromatic rings. The zero-order valence-electron chi connectivity index (χ0n) is 15.6. The molecule has 0 bridgehead atoms. The molecule has 1 N–H and O–H groups in total. The lowest BCUT2D eigenvalue weighted by atomic mass is 9.97. The molecule has 29 heavy (non-hydrogen) atoms. The lowest BCUT2D eigenvalue weighted by Crippen LogP contribution is -2.53. The first-order valence-corrected chi connectivity index (χ1v) is 9.69. The minimum Gasteiger partial charge on any atom is -0.508 e. The van der Waals surface area contributed by atoms with Gasteiger partial charge < -0.3 is 14.7 Å². The van der Waals surface area contributed by atoms with Gasteiger partial charge in [-0.15, -0.1) is 0 Å². The topological polar surface area (TPSA) is 53.0 Å². The molecule has 2 amide bonds. The molecule has 0 aromatic heterocycles. The van der Waals surface area contributed by atoms with Gasteiger partial charge >= 0.3 is 6.03 Å². The second-order valence-electron chi connectivity index (χ2n) is 7.63. The molecule has 0 saturated carbocycles. The Kier molecular flexibility index (Phi) is 4.28. The molecule has 0 radical (unpaired) electrons. The van der Waals surface area contributed by atoms with Crippen molar-refractivity contribution in [3.63, 3.8) is 0 Å². The first-order chi connectivity index (χ1) is 14.0. The molecule has 7 heteroatoms. The van der Waals surface area contributed by atoms with E-state index in [2.05, 4.69) is 0 Å². The molecule has 5 rings (SSSR count). The molecular weight excluding hydrogens is 378 g/mol. The number of phenols is 1. The van der Waals surface area contributed by atoms with E-state index in [-0.39, 0.29) is 29.9 Å². The zero-order chi connectivity index (χ0) is 20.1. The number of amides is 2. The first-order valence-electron chi connectivity index (χ1n) is 9.69. The Balaban J connectivity index is 1.59. The summed E-state index contributed by atoms with van der Waals surface area (Å²) in [5, 5.41) is 10.1. The molecule has 1 saturated heterocycles. The summed E-state index contributed by atoms with van der Waals surface area (Å²) < 4.78 is 33.5. The number of halogens is 2. The van der Waals surface area contributed by atoms with Crippen LogP contribution in [-0.4, -0.2) is 41.8 Å². The quantitative estimate of drug-likeness (QED) is 0.824. The Labute approximate surface area is 166 Å². The van der Waals surface area contributed by atoms with E-state index < -0.39 is 17.7 Å². The number of carbonyl (C=O) groups excluding carboxylic acids is 1. The lowest BCUT2D eigenvalue weighted by Gasteiger charge is -2.43. The summed E-state index contributed by atoms with van der Waals surface area (Å²) >= 11 is 0. The van der Waals surface area contributed by atoms with Gasteiger partial charge in [-0.3, -0.25) is 4.90 Å². The van der Waals surface area contributed by atoms with Crippen LogP contribution in [0.5, 0.6) is 5.75 Å². The molecule has 150 valence electrons. The van der Waals surface area contributed by atoms with Gasteiger partial charge in [-0.25, -0.2) is 13.6 Å². The summed E-state index contributed by atoms with van der Waals surface area (Å²) in [5.41, 5.74) is 2.25. The summed E-state index contributed by atoms with van der Waals surface area (Å²) in [4.78, 5) is 16.9. The summed E-state index contributed by atoms with van der Waals surface area (Å²) in [6.45, 7) is 1.35. The van der Waals surface area contributed by atoms with Crippen molar-refractivity contribution in [3.05, 3.63) is 65.2 Å². The molecule has 0 spiro atoms. The van der Waals surface area contributed by atoms with Crippen molar-refractivity contribution < 1.29 is 23.4 Å². The number of benzene rings is 2. The van der Waals surface area contributed by atoms with E-state index in [0.717, 1.165) is 42.3 Å². The molecule has 3 aliphatic rings. The lowest BCUT2D eigenvalue weighted by molar-refractivity contribution is 0.0835. The Morgan fingerprint density at radius 3 is 2.66 bits per heavy atom. The highest BCUT2D eigenvalue weighted by molar-refractivity contribution is 5.99. The number of hydrogen-bond acceptors (Lipinski definition) is 3. The normalized spacial score (nSPS) is 21.8. The van der Waals surface area contributed by atoms with Crippen molar-refractivity contribution in [3.8, 4) is 5.75 Å². The van der Waals surface area contributed by atoms with E-state index in [1.165, 1.54) is 0 Å². The number of phenolic OH excluding ortho intramolecular Hbond substituents is 1. The van der Waals surface area contributed by atoms with Crippen LogP contribution in [0.2, 0.25) is 0 Å². The average molecular weight is 398 g/mol. The maximum absolute atomic E-state index is 14.3. The largest absolute Gasteiger partial charge is 0.508 e. The van der Waals surface area contributed by atoms with Crippen LogP contribution in [0, 0.1) is 11.6 Å². The predicted molar refractivity (Wildman–Crippen MR) is 104 cm³/mol. The monoisotopic (exact) mass is 398 g/mol. The third-order valence-corrected chi connectivity index (χ3v) is 5.91. The highest BCUT2D eigenvalue weighted by Crippen LogP contribution is 2.46. The van der Waals surface area contributed by atoms with Gasteiger partial charge in [0.15, 0.2) is 0 Å². The molecule has 1 atom stereocenters. The summed E-state index contributed by atoms with van der Waals surface area (Å²) in [6.07, 6.45) is 3.24. The second-order valence-corrected chi connectivity index (χ2v) is 7.63. The first kappa shape index (κ1) is 18.1. The van der Waals surface area contributed by atoms with Crippen LogP contribution in [-0.2, 0) is 4.74 Å². The van der Waals surface area contributed by atoms with E-state index in [9.17, 15) is 18.7 Å². The molecule has 2 aromatic carbocycles. The molecule has 1 fully saturated rings. The zero-order valence-corrected chi connectivity index (χ0v) is 15.6. The number of carbonyl (C=O) groups is 1. The summed E-state index contributed by atoms with van der Waals surface area (Å²) in [7, 11) is 0. The van der Waals surface area contributed by atoms with E-state index in [1.54, 1.807) is 34.1 Å². The van der Waals surface area contributed by atoms with Crippen molar-refractivity contribution >= 4 is 17.3 Å². The van der Waals surface area contributed by atoms with E-state index in [4.69, 9.17) is 4.74 Å². The van der Waals surface area contributed by atoms with Crippen molar-refractivity contribution in [1.82, 2.24) is 4.90 Å². The Bertz CT molecular complexity index is 1020. The minimum absolute atomic E-state index is 0.00421. The van der Waals surface area contributed by atoms with Crippen LogP contribution in [0.3, 0.4) is 0 Å². The van der Waals surface area contributed by atoms with Crippen LogP contribution in [0.4, 0.5) is 19.3 Å². The Hall–Kier alpha value is -2.93. The fraction of sp³-hybridized carbons (Fsp3) is 0.318. The standard InChI is InChI=1S/C22H20F2N2O3/c23-14-1-3-19(24)17(10-14)13-9-21-18-11-16(27)2-4-20(18)26(22(28)25(21)12-13)15-5-7-29-8-6-15/h1-4,9-11,15,21,27H,5-8,12H2. The maximum Gasteiger partial charge on any atom is 0.325 e. The van der Waals surface area contributed by atoms with Gasteiger partial charge in [0.25, 0.3) is 0 Å². The SMILES string of the molecule is O=C1N2CC(c3cc(F)ccc3F)=CC2c2cc(O)ccc2N1C1CCOCC1. The van der Waals surface area contributed by atoms with Gasteiger partial charge in [0.2, 0.25) is 0 Å². The van der Waals surface area contributed by atoms with E-state index in [1.807, 2.05) is 0 Å². The van der Waals surface area contributed by atoms with Crippen molar-refractivity contribution in [2.75, 3.05) is 24.7 Å². The number of rotatable bonds is 2. The van der Waals surface area contributed by atoms with E-state index >= 15 is 0 Å². The van der Waals surface area contributed by atoms with Crippen molar-refractivity contribution in [2.45, 2.75) is 24.9 Å². The fourth-order valence-electron chi connectivity index (χ4n) is 4.51. The van der Waals surface area contributed by atoms with Crippen LogP contribution in [0.15, 0.2) is 42.5 Å². The molecular formula is C22H20F2N2O3. The van der Waals surface area contributed by atoms with E-state index in [0.29, 0.717) is 18.8 Å². The van der Waals surface area contributed by atoms with Gasteiger partial charge in [0.05, 0.1) is 11.7 Å². The van der Waals surface area contributed by atoms with Gasteiger partial charge in [-0.05, 0) is 54.8 Å². The number of fused-ring (bicyclic) bond motifs is 3. The summed E-state index contributed by atoms with van der Waals surface area (Å²) in [5.74, 6) is -0.952. The number of urea groups is 1. The highest BCUT2D eigenvalue weighted by Gasteiger charge is 2.43. The molecule has 1 unspecified atom stereocenters. The van der Waals surface area contributed by atoms with Gasteiger partial charge in [-0.1, -0.05) is 6.08 Å². The van der Waals surface area contributed by atoms with Gasteiger partial charge in [0.1, 0.15) is 17.4 Å². The third-order valence-electron chi connectivity index (χ3n) is 5.91.